The summed E-state index contributed by atoms with van der Waals surface area (Å²) < 4.78 is 14.6. The number of rotatable bonds is 5. The summed E-state index contributed by atoms with van der Waals surface area (Å²) in [5.74, 6) is -0.158. The normalized spacial score (nSPS) is 17.3. The van der Waals surface area contributed by atoms with Crippen LogP contribution >= 0.6 is 28.3 Å². The molecule has 1 saturated heterocycles. The number of benzene rings is 1. The van der Waals surface area contributed by atoms with Crippen molar-refractivity contribution in [3.63, 3.8) is 0 Å². The lowest BCUT2D eigenvalue weighted by atomic mass is 10.0. The van der Waals surface area contributed by atoms with Gasteiger partial charge in [0.05, 0.1) is 0 Å². The minimum Gasteiger partial charge on any atom is -0.311 e. The number of likely N-dealkylation sites (N-methyl/N-ethyl adjacent to an activating group) is 1. The van der Waals surface area contributed by atoms with Crippen LogP contribution < -0.4 is 5.32 Å². The van der Waals surface area contributed by atoms with Crippen LogP contribution in [0.25, 0.3) is 0 Å². The van der Waals surface area contributed by atoms with Crippen LogP contribution in [-0.2, 0) is 6.54 Å². The monoisotopic (exact) mass is 393 g/mol. The predicted octanol–water partition coefficient (Wildman–Crippen LogP) is 3.13. The van der Waals surface area contributed by atoms with Gasteiger partial charge in [0, 0.05) is 54.8 Å². The number of piperazine rings is 1. The van der Waals surface area contributed by atoms with Gasteiger partial charge in [-0.05, 0) is 33.0 Å². The third-order valence-corrected chi connectivity index (χ3v) is 4.74. The van der Waals surface area contributed by atoms with E-state index in [1.165, 1.54) is 6.07 Å². The van der Waals surface area contributed by atoms with E-state index in [4.69, 9.17) is 0 Å². The maximum Gasteiger partial charge on any atom is 0.128 e. The summed E-state index contributed by atoms with van der Waals surface area (Å²) in [5.41, 5.74) is 0.806. The van der Waals surface area contributed by atoms with Gasteiger partial charge in [-0.2, -0.15) is 0 Å². The highest BCUT2D eigenvalue weighted by Crippen LogP contribution is 2.17. The second-order valence-electron chi connectivity index (χ2n) is 6.44. The standard InChI is InChI=1S/C16H25BrFN3.ClH/c1-16(2,21-8-6-20(3)7-9-21)12-19-11-13-4-5-14(17)10-15(13)18;/h4-5,10,19H,6-9,11-12H2,1-3H3;1H. The van der Waals surface area contributed by atoms with Gasteiger partial charge in [0.25, 0.3) is 0 Å². The number of nitrogens with zero attached hydrogens (tertiary/aromatic N) is 2. The van der Waals surface area contributed by atoms with E-state index in [9.17, 15) is 4.39 Å². The van der Waals surface area contributed by atoms with Crippen LogP contribution in [0, 0.1) is 5.82 Å². The molecule has 0 spiro atoms. The first-order chi connectivity index (χ1) is 9.88. The molecule has 1 aromatic carbocycles. The van der Waals surface area contributed by atoms with E-state index in [0.717, 1.165) is 37.2 Å². The summed E-state index contributed by atoms with van der Waals surface area (Å²) >= 11 is 3.28. The molecule has 6 heteroatoms. The molecule has 0 bridgehead atoms. The fraction of sp³-hybridized carbons (Fsp3) is 0.625. The van der Waals surface area contributed by atoms with E-state index in [2.05, 4.69) is 51.9 Å². The second kappa shape index (κ2) is 8.60. The summed E-state index contributed by atoms with van der Waals surface area (Å²) in [6, 6.07) is 5.23. The van der Waals surface area contributed by atoms with Crippen molar-refractivity contribution in [1.82, 2.24) is 15.1 Å². The fourth-order valence-electron chi connectivity index (χ4n) is 2.69. The Labute approximate surface area is 147 Å². The smallest absolute Gasteiger partial charge is 0.128 e. The van der Waals surface area contributed by atoms with Crippen molar-refractivity contribution in [1.29, 1.82) is 0 Å². The van der Waals surface area contributed by atoms with Crippen LogP contribution in [-0.4, -0.2) is 55.1 Å². The maximum atomic E-state index is 13.8. The highest BCUT2D eigenvalue weighted by molar-refractivity contribution is 9.10. The van der Waals surface area contributed by atoms with Gasteiger partial charge in [-0.15, -0.1) is 12.4 Å². The topological polar surface area (TPSA) is 18.5 Å². The van der Waals surface area contributed by atoms with Crippen LogP contribution in [0.3, 0.4) is 0 Å². The van der Waals surface area contributed by atoms with Gasteiger partial charge in [-0.3, -0.25) is 4.90 Å². The first-order valence-electron chi connectivity index (χ1n) is 7.47. The average Bonchev–Trinajstić information content (AvgIpc) is 2.41. The molecule has 3 nitrogen and oxygen atoms in total. The summed E-state index contributed by atoms with van der Waals surface area (Å²) in [6.45, 7) is 10.3. The van der Waals surface area contributed by atoms with Crippen molar-refractivity contribution >= 4 is 28.3 Å². The Morgan fingerprint density at radius 3 is 2.45 bits per heavy atom. The highest BCUT2D eigenvalue weighted by Gasteiger charge is 2.28. The molecule has 0 aromatic heterocycles. The Kier molecular flexibility index (Phi) is 7.75. The summed E-state index contributed by atoms with van der Waals surface area (Å²) in [4.78, 5) is 4.87. The zero-order valence-corrected chi connectivity index (χ0v) is 15.9. The van der Waals surface area contributed by atoms with Crippen molar-refractivity contribution in [3.05, 3.63) is 34.1 Å². The van der Waals surface area contributed by atoms with Crippen molar-refractivity contribution in [2.75, 3.05) is 39.8 Å². The molecule has 1 heterocycles. The van der Waals surface area contributed by atoms with Crippen LogP contribution in [0.5, 0.6) is 0 Å². The molecule has 0 amide bonds. The van der Waals surface area contributed by atoms with E-state index < -0.39 is 0 Å². The Morgan fingerprint density at radius 2 is 1.86 bits per heavy atom. The molecular weight excluding hydrogens is 369 g/mol. The Bertz CT molecular complexity index is 476. The fourth-order valence-corrected chi connectivity index (χ4v) is 3.02. The van der Waals surface area contributed by atoms with E-state index in [1.54, 1.807) is 0 Å². The average molecular weight is 395 g/mol. The zero-order chi connectivity index (χ0) is 15.5. The maximum absolute atomic E-state index is 13.8. The van der Waals surface area contributed by atoms with E-state index in [1.807, 2.05) is 12.1 Å². The number of halogens is 3. The number of nitrogens with one attached hydrogen (secondary N) is 1. The molecule has 1 aromatic rings. The van der Waals surface area contributed by atoms with Crippen LogP contribution in [0.4, 0.5) is 4.39 Å². The minimum atomic E-state index is -0.158. The zero-order valence-electron chi connectivity index (χ0n) is 13.5. The number of hydrogen-bond acceptors (Lipinski definition) is 3. The quantitative estimate of drug-likeness (QED) is 0.828. The molecule has 2 rings (SSSR count). The molecule has 0 aliphatic carbocycles. The van der Waals surface area contributed by atoms with E-state index >= 15 is 0 Å². The molecular formula is C16H26BrClFN3. The van der Waals surface area contributed by atoms with Crippen molar-refractivity contribution < 1.29 is 4.39 Å². The molecule has 126 valence electrons. The molecule has 1 aliphatic heterocycles. The molecule has 0 unspecified atom stereocenters. The first kappa shape index (κ1) is 19.8. The van der Waals surface area contributed by atoms with Gasteiger partial charge in [0.1, 0.15) is 5.82 Å². The van der Waals surface area contributed by atoms with Crippen molar-refractivity contribution in [2.24, 2.45) is 0 Å². The van der Waals surface area contributed by atoms with E-state index in [-0.39, 0.29) is 23.8 Å². The third-order valence-electron chi connectivity index (χ3n) is 4.25. The van der Waals surface area contributed by atoms with Crippen LogP contribution in [0.2, 0.25) is 0 Å². The lowest BCUT2D eigenvalue weighted by Gasteiger charge is -2.43. The molecule has 22 heavy (non-hydrogen) atoms. The molecule has 1 N–H and O–H groups in total. The van der Waals surface area contributed by atoms with E-state index in [0.29, 0.717) is 12.1 Å². The largest absolute Gasteiger partial charge is 0.311 e. The van der Waals surface area contributed by atoms with Crippen molar-refractivity contribution in [3.8, 4) is 0 Å². The lowest BCUT2D eigenvalue weighted by molar-refractivity contribution is 0.0617. The lowest BCUT2D eigenvalue weighted by Crippen LogP contribution is -2.57. The summed E-state index contributed by atoms with van der Waals surface area (Å²) in [7, 11) is 2.17. The molecule has 1 fully saturated rings. The van der Waals surface area contributed by atoms with Gasteiger partial charge < -0.3 is 10.2 Å². The first-order valence-corrected chi connectivity index (χ1v) is 8.26. The predicted molar refractivity (Wildman–Crippen MR) is 96.2 cm³/mol. The molecule has 0 radical (unpaired) electrons. The Morgan fingerprint density at radius 1 is 1.23 bits per heavy atom. The van der Waals surface area contributed by atoms with Crippen molar-refractivity contribution in [2.45, 2.75) is 25.9 Å². The van der Waals surface area contributed by atoms with Gasteiger partial charge >= 0.3 is 0 Å². The molecule has 0 saturated carbocycles. The SMILES string of the molecule is CN1CCN(C(C)(C)CNCc2ccc(Br)cc2F)CC1.Cl. The van der Waals surface area contributed by atoms with Crippen LogP contribution in [0.15, 0.2) is 22.7 Å². The Hall–Kier alpha value is -0.200. The third kappa shape index (κ3) is 5.46. The van der Waals surface area contributed by atoms with Gasteiger partial charge in [-0.25, -0.2) is 4.39 Å². The second-order valence-corrected chi connectivity index (χ2v) is 7.36. The highest BCUT2D eigenvalue weighted by atomic mass is 79.9. The van der Waals surface area contributed by atoms with Gasteiger partial charge in [0.2, 0.25) is 0 Å². The van der Waals surface area contributed by atoms with Gasteiger partial charge in [0.15, 0.2) is 0 Å². The molecule has 0 atom stereocenters. The van der Waals surface area contributed by atoms with Gasteiger partial charge in [-0.1, -0.05) is 22.0 Å². The minimum absolute atomic E-state index is 0. The summed E-state index contributed by atoms with van der Waals surface area (Å²) in [6.07, 6.45) is 0. The Balaban J connectivity index is 0.00000242. The van der Waals surface area contributed by atoms with Crippen LogP contribution in [0.1, 0.15) is 19.4 Å². The molecule has 1 aliphatic rings. The number of hydrogen-bond donors (Lipinski definition) is 1. The summed E-state index contributed by atoms with van der Waals surface area (Å²) in [5, 5.41) is 3.40.